The fraction of sp³-hybridized carbons (Fsp3) is 0.625. The van der Waals surface area contributed by atoms with E-state index in [9.17, 15) is 0 Å². The van der Waals surface area contributed by atoms with E-state index < -0.39 is 0 Å². The third-order valence-corrected chi connectivity index (χ3v) is 5.58. The second-order valence-electron chi connectivity index (χ2n) is 6.46. The van der Waals surface area contributed by atoms with Gasteiger partial charge in [0.15, 0.2) is 0 Å². The van der Waals surface area contributed by atoms with E-state index in [0.717, 1.165) is 17.6 Å². The summed E-state index contributed by atoms with van der Waals surface area (Å²) in [5, 5.41) is 0. The number of hydrogen-bond acceptors (Lipinski definition) is 2. The predicted molar refractivity (Wildman–Crippen MR) is 85.0 cm³/mol. The first-order chi connectivity index (χ1) is 8.91. The molecule has 1 atom stereocenters. The summed E-state index contributed by atoms with van der Waals surface area (Å²) in [5.41, 5.74) is 7.96. The normalized spacial score (nSPS) is 26.0. The molecule has 0 amide bonds. The van der Waals surface area contributed by atoms with Crippen LogP contribution in [0.2, 0.25) is 0 Å². The summed E-state index contributed by atoms with van der Waals surface area (Å²) in [6.45, 7) is 6.44. The van der Waals surface area contributed by atoms with Crippen LogP contribution in [-0.4, -0.2) is 24.0 Å². The molecule has 2 rings (SSSR count). The highest BCUT2D eigenvalue weighted by molar-refractivity contribution is 9.10. The van der Waals surface area contributed by atoms with E-state index in [1.54, 1.807) is 0 Å². The lowest BCUT2D eigenvalue weighted by atomic mass is 9.73. The van der Waals surface area contributed by atoms with Gasteiger partial charge in [0.25, 0.3) is 0 Å². The Bertz CT molecular complexity index is 427. The van der Waals surface area contributed by atoms with Crippen molar-refractivity contribution in [1.82, 2.24) is 4.90 Å². The van der Waals surface area contributed by atoms with E-state index >= 15 is 0 Å². The number of likely N-dealkylation sites (N-methyl/N-ethyl adjacent to an activating group) is 1. The third kappa shape index (κ3) is 2.74. The molecule has 2 N–H and O–H groups in total. The summed E-state index contributed by atoms with van der Waals surface area (Å²) in [7, 11) is 2.22. The molecule has 0 radical (unpaired) electrons. The molecule has 0 aliphatic heterocycles. The third-order valence-electron chi connectivity index (χ3n) is 5.05. The van der Waals surface area contributed by atoms with Gasteiger partial charge in [-0.3, -0.25) is 4.90 Å². The molecule has 0 spiro atoms. The molecule has 19 heavy (non-hydrogen) atoms. The van der Waals surface area contributed by atoms with Crippen LogP contribution in [0.15, 0.2) is 28.7 Å². The predicted octanol–water partition coefficient (Wildman–Crippen LogP) is 3.79. The number of rotatable bonds is 4. The van der Waals surface area contributed by atoms with Crippen molar-refractivity contribution in [2.45, 2.75) is 45.2 Å². The Kier molecular flexibility index (Phi) is 4.38. The Balaban J connectivity index is 2.18. The van der Waals surface area contributed by atoms with Crippen LogP contribution in [0.1, 0.15) is 38.7 Å². The highest BCUT2D eigenvalue weighted by atomic mass is 79.9. The summed E-state index contributed by atoms with van der Waals surface area (Å²) in [5.74, 6) is 0. The van der Waals surface area contributed by atoms with Gasteiger partial charge in [0, 0.05) is 23.1 Å². The average Bonchev–Trinajstić information content (AvgIpc) is 2.68. The first-order valence-electron chi connectivity index (χ1n) is 7.07. The van der Waals surface area contributed by atoms with E-state index in [0.29, 0.717) is 5.41 Å². The van der Waals surface area contributed by atoms with Crippen molar-refractivity contribution >= 4 is 15.9 Å². The average molecular weight is 325 g/mol. The summed E-state index contributed by atoms with van der Waals surface area (Å²) in [6, 6.07) is 8.59. The van der Waals surface area contributed by atoms with Gasteiger partial charge in [0.2, 0.25) is 0 Å². The minimum absolute atomic E-state index is 0.139. The quantitative estimate of drug-likeness (QED) is 0.913. The molecular formula is C16H25BrN2. The van der Waals surface area contributed by atoms with E-state index in [1.165, 1.54) is 24.8 Å². The number of nitrogens with zero attached hydrogens (tertiary/aromatic N) is 1. The van der Waals surface area contributed by atoms with Crippen LogP contribution in [0.4, 0.5) is 0 Å². The smallest absolute Gasteiger partial charge is 0.0383 e. The lowest BCUT2D eigenvalue weighted by Gasteiger charge is -2.48. The Morgan fingerprint density at radius 1 is 1.21 bits per heavy atom. The molecule has 1 fully saturated rings. The van der Waals surface area contributed by atoms with E-state index in [2.05, 4.69) is 66.0 Å². The van der Waals surface area contributed by atoms with Crippen LogP contribution in [0, 0.1) is 5.41 Å². The molecule has 1 aromatic carbocycles. The first-order valence-corrected chi connectivity index (χ1v) is 7.86. The molecular weight excluding hydrogens is 300 g/mol. The maximum Gasteiger partial charge on any atom is 0.0383 e. The maximum atomic E-state index is 6.17. The van der Waals surface area contributed by atoms with Crippen molar-refractivity contribution in [1.29, 1.82) is 0 Å². The van der Waals surface area contributed by atoms with Gasteiger partial charge >= 0.3 is 0 Å². The minimum Gasteiger partial charge on any atom is -0.329 e. The Morgan fingerprint density at radius 2 is 1.84 bits per heavy atom. The molecule has 0 saturated heterocycles. The van der Waals surface area contributed by atoms with E-state index in [1.807, 2.05) is 0 Å². The lowest BCUT2D eigenvalue weighted by molar-refractivity contribution is 0.0276. The second-order valence-corrected chi connectivity index (χ2v) is 7.37. The Labute approximate surface area is 125 Å². The van der Waals surface area contributed by atoms with Gasteiger partial charge in [0.05, 0.1) is 0 Å². The van der Waals surface area contributed by atoms with Crippen molar-refractivity contribution in [2.24, 2.45) is 11.1 Å². The van der Waals surface area contributed by atoms with E-state index in [-0.39, 0.29) is 5.54 Å². The zero-order chi connectivity index (χ0) is 14.1. The highest BCUT2D eigenvalue weighted by Gasteiger charge is 2.50. The van der Waals surface area contributed by atoms with Crippen molar-refractivity contribution in [3.05, 3.63) is 34.3 Å². The molecule has 1 aliphatic carbocycles. The second kappa shape index (κ2) is 5.55. The fourth-order valence-corrected chi connectivity index (χ4v) is 3.91. The molecule has 2 nitrogen and oxygen atoms in total. The van der Waals surface area contributed by atoms with Crippen molar-refractivity contribution < 1.29 is 0 Å². The largest absolute Gasteiger partial charge is 0.329 e. The number of hydrogen-bond donors (Lipinski definition) is 1. The molecule has 1 aliphatic rings. The topological polar surface area (TPSA) is 29.3 Å². The Hall–Kier alpha value is -0.380. The Morgan fingerprint density at radius 3 is 2.32 bits per heavy atom. The van der Waals surface area contributed by atoms with E-state index in [4.69, 9.17) is 5.73 Å². The van der Waals surface area contributed by atoms with Gasteiger partial charge in [-0.05, 0) is 43.0 Å². The molecule has 0 heterocycles. The van der Waals surface area contributed by atoms with Crippen LogP contribution >= 0.6 is 15.9 Å². The summed E-state index contributed by atoms with van der Waals surface area (Å²) >= 11 is 3.49. The van der Waals surface area contributed by atoms with Crippen LogP contribution in [0.25, 0.3) is 0 Å². The van der Waals surface area contributed by atoms with Gasteiger partial charge in [-0.2, -0.15) is 0 Å². The molecule has 1 saturated carbocycles. The van der Waals surface area contributed by atoms with Crippen molar-refractivity contribution in [3.8, 4) is 0 Å². The summed E-state index contributed by atoms with van der Waals surface area (Å²) < 4.78 is 1.13. The van der Waals surface area contributed by atoms with Gasteiger partial charge < -0.3 is 5.73 Å². The summed E-state index contributed by atoms with van der Waals surface area (Å²) in [6.07, 6.45) is 3.77. The zero-order valence-electron chi connectivity index (χ0n) is 12.2. The first kappa shape index (κ1) is 15.0. The molecule has 0 aromatic heterocycles. The molecule has 1 aromatic rings. The molecule has 1 unspecified atom stereocenters. The number of nitrogens with two attached hydrogens (primary N) is 1. The van der Waals surface area contributed by atoms with Crippen molar-refractivity contribution in [3.63, 3.8) is 0 Å². The summed E-state index contributed by atoms with van der Waals surface area (Å²) in [4.78, 5) is 2.48. The molecule has 106 valence electrons. The SMILES string of the molecule is CN(Cc1ccc(Br)cc1)C1(CN)CCCC1(C)C. The fourth-order valence-electron chi connectivity index (χ4n) is 3.65. The van der Waals surface area contributed by atoms with Crippen molar-refractivity contribution in [2.75, 3.05) is 13.6 Å². The number of benzene rings is 1. The van der Waals surface area contributed by atoms with Gasteiger partial charge in [-0.1, -0.05) is 48.3 Å². The van der Waals surface area contributed by atoms with Crippen LogP contribution in [0.3, 0.4) is 0 Å². The van der Waals surface area contributed by atoms with Gasteiger partial charge in [-0.25, -0.2) is 0 Å². The zero-order valence-corrected chi connectivity index (χ0v) is 13.8. The number of halogens is 1. The minimum atomic E-state index is 0.139. The van der Waals surface area contributed by atoms with Gasteiger partial charge in [-0.15, -0.1) is 0 Å². The molecule has 3 heteroatoms. The highest BCUT2D eigenvalue weighted by Crippen LogP contribution is 2.48. The maximum absolute atomic E-state index is 6.17. The van der Waals surface area contributed by atoms with Crippen LogP contribution in [0.5, 0.6) is 0 Å². The van der Waals surface area contributed by atoms with Gasteiger partial charge in [0.1, 0.15) is 0 Å². The van der Waals surface area contributed by atoms with Crippen LogP contribution in [-0.2, 0) is 6.54 Å². The standard InChI is InChI=1S/C16H25BrN2/c1-15(2)9-4-10-16(15,12-18)19(3)11-13-5-7-14(17)8-6-13/h5-8H,4,9-12,18H2,1-3H3. The van der Waals surface area contributed by atoms with Crippen LogP contribution < -0.4 is 5.73 Å². The molecule has 0 bridgehead atoms. The monoisotopic (exact) mass is 324 g/mol. The lowest BCUT2D eigenvalue weighted by Crippen LogP contribution is -2.57.